The van der Waals surface area contributed by atoms with E-state index in [0.29, 0.717) is 5.82 Å². The Morgan fingerprint density at radius 2 is 1.73 bits per heavy atom. The highest BCUT2D eigenvalue weighted by Crippen LogP contribution is 2.31. The molecule has 86 valence electrons. The molecule has 0 atom stereocenters. The van der Waals surface area contributed by atoms with Crippen molar-refractivity contribution >= 4 is 0 Å². The third-order valence-corrected chi connectivity index (χ3v) is 2.12. The summed E-state index contributed by atoms with van der Waals surface area (Å²) in [6, 6.07) is -0.00833. The Kier molecular flexibility index (Phi) is 3.11. The predicted molar refractivity (Wildman–Crippen MR) is 51.7 cm³/mol. The maximum absolute atomic E-state index is 12.4. The lowest BCUT2D eigenvalue weighted by molar-refractivity contribution is -0.141. The first-order valence-electron chi connectivity index (χ1n) is 4.89. The molecule has 0 saturated heterocycles. The molecule has 0 unspecified atom stereocenters. The summed E-state index contributed by atoms with van der Waals surface area (Å²) < 4.78 is 38.9. The topological polar surface area (TPSA) is 17.8 Å². The zero-order valence-corrected chi connectivity index (χ0v) is 9.26. The van der Waals surface area contributed by atoms with Gasteiger partial charge in [-0.05, 0) is 13.8 Å². The smallest absolute Gasteiger partial charge is 0.332 e. The van der Waals surface area contributed by atoms with Crippen molar-refractivity contribution < 1.29 is 13.2 Å². The van der Waals surface area contributed by atoms with E-state index >= 15 is 0 Å². The van der Waals surface area contributed by atoms with Crippen molar-refractivity contribution in [2.75, 3.05) is 0 Å². The zero-order chi connectivity index (χ0) is 11.8. The molecule has 0 aliphatic rings. The molecule has 1 rings (SSSR count). The zero-order valence-electron chi connectivity index (χ0n) is 9.26. The van der Waals surface area contributed by atoms with Gasteiger partial charge in [0.2, 0.25) is 0 Å². The SMILES string of the molecule is CC(C)c1nc(C(F)(F)F)cn1C(C)C. The molecule has 5 heteroatoms. The molecule has 0 fully saturated rings. The molecule has 0 aromatic carbocycles. The highest BCUT2D eigenvalue weighted by molar-refractivity contribution is 5.11. The lowest BCUT2D eigenvalue weighted by Crippen LogP contribution is -2.06. The van der Waals surface area contributed by atoms with Crippen LogP contribution >= 0.6 is 0 Å². The standard InChI is InChI=1S/C10H15F3N2/c1-6(2)9-14-8(10(11,12)13)5-15(9)7(3)4/h5-7H,1-4H3. The Labute approximate surface area is 87.1 Å². The number of rotatable bonds is 2. The summed E-state index contributed by atoms with van der Waals surface area (Å²) in [6.07, 6.45) is -3.27. The second-order valence-electron chi connectivity index (χ2n) is 4.14. The third-order valence-electron chi connectivity index (χ3n) is 2.12. The molecule has 15 heavy (non-hydrogen) atoms. The van der Waals surface area contributed by atoms with Gasteiger partial charge in [0.05, 0.1) is 0 Å². The number of hydrogen-bond donors (Lipinski definition) is 0. The van der Waals surface area contributed by atoms with Crippen LogP contribution in [0.25, 0.3) is 0 Å². The minimum absolute atomic E-state index is 0.00833. The molecule has 0 saturated carbocycles. The Morgan fingerprint density at radius 3 is 2.00 bits per heavy atom. The molecule has 0 aliphatic carbocycles. The van der Waals surface area contributed by atoms with Gasteiger partial charge >= 0.3 is 6.18 Å². The summed E-state index contributed by atoms with van der Waals surface area (Å²) in [5.41, 5.74) is -0.806. The fourth-order valence-corrected chi connectivity index (χ4v) is 1.39. The summed E-state index contributed by atoms with van der Waals surface area (Å²) in [4.78, 5) is 3.64. The molecule has 1 aromatic heterocycles. The van der Waals surface area contributed by atoms with Crippen molar-refractivity contribution in [2.45, 2.75) is 45.8 Å². The number of nitrogens with zero attached hydrogens (tertiary/aromatic N) is 2. The molecule has 2 nitrogen and oxygen atoms in total. The van der Waals surface area contributed by atoms with E-state index in [-0.39, 0.29) is 12.0 Å². The summed E-state index contributed by atoms with van der Waals surface area (Å²) in [7, 11) is 0. The minimum Gasteiger partial charge on any atom is -0.332 e. The van der Waals surface area contributed by atoms with E-state index < -0.39 is 11.9 Å². The van der Waals surface area contributed by atoms with Crippen LogP contribution < -0.4 is 0 Å². The van der Waals surface area contributed by atoms with Crippen LogP contribution in [0.4, 0.5) is 13.2 Å². The normalized spacial score (nSPS) is 12.9. The van der Waals surface area contributed by atoms with Crippen molar-refractivity contribution in [1.82, 2.24) is 9.55 Å². The lowest BCUT2D eigenvalue weighted by atomic mass is 10.2. The largest absolute Gasteiger partial charge is 0.434 e. The van der Waals surface area contributed by atoms with Crippen LogP contribution in [0, 0.1) is 0 Å². The summed E-state index contributed by atoms with van der Waals surface area (Å²) in [6.45, 7) is 7.35. The number of halogens is 3. The Morgan fingerprint density at radius 1 is 1.20 bits per heavy atom. The second-order valence-corrected chi connectivity index (χ2v) is 4.14. The first kappa shape index (κ1) is 12.1. The van der Waals surface area contributed by atoms with E-state index in [2.05, 4.69) is 4.98 Å². The van der Waals surface area contributed by atoms with Crippen LogP contribution in [0.3, 0.4) is 0 Å². The Bertz CT molecular complexity index is 311. The Balaban J connectivity index is 3.21. The highest BCUT2D eigenvalue weighted by atomic mass is 19.4. The van der Waals surface area contributed by atoms with Crippen LogP contribution in [0.5, 0.6) is 0 Å². The van der Waals surface area contributed by atoms with Crippen LogP contribution in [-0.4, -0.2) is 9.55 Å². The maximum Gasteiger partial charge on any atom is 0.434 e. The molecular formula is C10H15F3N2. The number of alkyl halides is 3. The summed E-state index contributed by atoms with van der Waals surface area (Å²) in [5, 5.41) is 0. The number of aromatic nitrogens is 2. The van der Waals surface area contributed by atoms with E-state index in [1.807, 2.05) is 27.7 Å². The predicted octanol–water partition coefficient (Wildman–Crippen LogP) is 3.61. The molecular weight excluding hydrogens is 205 g/mol. The van der Waals surface area contributed by atoms with Gasteiger partial charge in [-0.25, -0.2) is 4.98 Å². The van der Waals surface area contributed by atoms with Crippen LogP contribution in [0.15, 0.2) is 6.20 Å². The number of imidazole rings is 1. The summed E-state index contributed by atoms with van der Waals surface area (Å²) in [5.74, 6) is 0.473. The molecule has 0 radical (unpaired) electrons. The quantitative estimate of drug-likeness (QED) is 0.744. The van der Waals surface area contributed by atoms with Crippen molar-refractivity contribution in [2.24, 2.45) is 0 Å². The summed E-state index contributed by atoms with van der Waals surface area (Å²) >= 11 is 0. The molecule has 0 amide bonds. The second kappa shape index (κ2) is 3.87. The molecule has 1 aromatic rings. The molecule has 0 bridgehead atoms. The fraction of sp³-hybridized carbons (Fsp3) is 0.700. The van der Waals surface area contributed by atoms with Crippen molar-refractivity contribution in [1.29, 1.82) is 0 Å². The van der Waals surface area contributed by atoms with E-state index in [0.717, 1.165) is 6.20 Å². The third kappa shape index (κ3) is 2.52. The highest BCUT2D eigenvalue weighted by Gasteiger charge is 2.35. The van der Waals surface area contributed by atoms with Gasteiger partial charge in [-0.1, -0.05) is 13.8 Å². The van der Waals surface area contributed by atoms with Crippen molar-refractivity contribution in [3.05, 3.63) is 17.7 Å². The van der Waals surface area contributed by atoms with Gasteiger partial charge in [-0.15, -0.1) is 0 Å². The first-order chi connectivity index (χ1) is 6.73. The minimum atomic E-state index is -4.36. The van der Waals surface area contributed by atoms with Gasteiger partial charge in [0.15, 0.2) is 5.69 Å². The van der Waals surface area contributed by atoms with Crippen LogP contribution in [0.2, 0.25) is 0 Å². The molecule has 0 spiro atoms. The van der Waals surface area contributed by atoms with Crippen molar-refractivity contribution in [3.8, 4) is 0 Å². The van der Waals surface area contributed by atoms with Gasteiger partial charge in [-0.3, -0.25) is 0 Å². The fourth-order valence-electron chi connectivity index (χ4n) is 1.39. The maximum atomic E-state index is 12.4. The molecule has 0 N–H and O–H groups in total. The van der Waals surface area contributed by atoms with Gasteiger partial charge < -0.3 is 4.57 Å². The first-order valence-corrected chi connectivity index (χ1v) is 4.89. The van der Waals surface area contributed by atoms with Gasteiger partial charge in [-0.2, -0.15) is 13.2 Å². The monoisotopic (exact) mass is 220 g/mol. The molecule has 0 aliphatic heterocycles. The van der Waals surface area contributed by atoms with Gasteiger partial charge in [0, 0.05) is 18.2 Å². The van der Waals surface area contributed by atoms with Crippen LogP contribution in [-0.2, 0) is 6.18 Å². The number of hydrogen-bond acceptors (Lipinski definition) is 1. The van der Waals surface area contributed by atoms with Gasteiger partial charge in [0.25, 0.3) is 0 Å². The van der Waals surface area contributed by atoms with Crippen molar-refractivity contribution in [3.63, 3.8) is 0 Å². The van der Waals surface area contributed by atoms with E-state index in [9.17, 15) is 13.2 Å². The van der Waals surface area contributed by atoms with Gasteiger partial charge in [0.1, 0.15) is 5.82 Å². The molecule has 1 heterocycles. The van der Waals surface area contributed by atoms with E-state index in [4.69, 9.17) is 0 Å². The van der Waals surface area contributed by atoms with Crippen LogP contribution in [0.1, 0.15) is 51.2 Å². The Hall–Kier alpha value is -1.00. The average Bonchev–Trinajstić information content (AvgIpc) is 2.45. The lowest BCUT2D eigenvalue weighted by Gasteiger charge is -2.12. The van der Waals surface area contributed by atoms with E-state index in [1.54, 1.807) is 4.57 Å². The van der Waals surface area contributed by atoms with E-state index in [1.165, 1.54) is 0 Å². The average molecular weight is 220 g/mol.